The Morgan fingerprint density at radius 3 is 2.69 bits per heavy atom. The van der Waals surface area contributed by atoms with Crippen molar-refractivity contribution in [2.45, 2.75) is 45.3 Å². The molecule has 1 aliphatic carbocycles. The number of nitro benzene ring substituents is 1. The van der Waals surface area contributed by atoms with Crippen LogP contribution in [0.25, 0.3) is 6.08 Å². The van der Waals surface area contributed by atoms with Crippen molar-refractivity contribution in [3.8, 4) is 17.6 Å². The molecule has 0 unspecified atom stereocenters. The Labute approximate surface area is 186 Å². The first kappa shape index (κ1) is 22.8. The number of benzene rings is 2. The summed E-state index contributed by atoms with van der Waals surface area (Å²) in [5.74, 6) is 0.549. The van der Waals surface area contributed by atoms with Crippen LogP contribution in [-0.2, 0) is 11.4 Å². The predicted octanol–water partition coefficient (Wildman–Crippen LogP) is 4.54. The van der Waals surface area contributed by atoms with Crippen LogP contribution >= 0.6 is 0 Å². The van der Waals surface area contributed by atoms with Gasteiger partial charge < -0.3 is 14.8 Å². The molecule has 0 aliphatic heterocycles. The van der Waals surface area contributed by atoms with Crippen LogP contribution in [0.1, 0.15) is 43.7 Å². The zero-order chi connectivity index (χ0) is 22.9. The average Bonchev–Trinajstić information content (AvgIpc) is 3.30. The summed E-state index contributed by atoms with van der Waals surface area (Å²) in [6.07, 6.45) is 5.58. The molecular formula is C24H25N3O5. The molecule has 0 saturated heterocycles. The van der Waals surface area contributed by atoms with Gasteiger partial charge in [-0.25, -0.2) is 0 Å². The quantitative estimate of drug-likeness (QED) is 0.268. The van der Waals surface area contributed by atoms with Gasteiger partial charge in [-0.05, 0) is 49.1 Å². The van der Waals surface area contributed by atoms with Gasteiger partial charge in [0.25, 0.3) is 11.6 Å². The zero-order valence-electron chi connectivity index (χ0n) is 17.9. The maximum atomic E-state index is 12.4. The lowest BCUT2D eigenvalue weighted by atomic mass is 10.1. The monoisotopic (exact) mass is 435 g/mol. The van der Waals surface area contributed by atoms with Crippen molar-refractivity contribution < 1.29 is 19.2 Å². The lowest BCUT2D eigenvalue weighted by Crippen LogP contribution is -2.33. The van der Waals surface area contributed by atoms with E-state index in [0.717, 1.165) is 25.7 Å². The number of nitrogens with zero attached hydrogens (tertiary/aromatic N) is 2. The molecule has 0 heterocycles. The van der Waals surface area contributed by atoms with E-state index in [0.29, 0.717) is 29.2 Å². The van der Waals surface area contributed by atoms with E-state index in [-0.39, 0.29) is 29.8 Å². The van der Waals surface area contributed by atoms with E-state index in [2.05, 4.69) is 5.32 Å². The standard InChI is InChI=1S/C24H25N3O5/c1-2-31-23-14-17(12-19(15-25)24(28)26-20-7-3-4-8-20)10-11-22(23)32-16-18-6-5-9-21(13-18)27(29)30/h5-6,9-14,20H,2-4,7-8,16H2,1H3,(H,26,28)/b19-12-. The largest absolute Gasteiger partial charge is 0.490 e. The molecule has 8 nitrogen and oxygen atoms in total. The maximum Gasteiger partial charge on any atom is 0.269 e. The molecule has 1 amide bonds. The molecule has 32 heavy (non-hydrogen) atoms. The Balaban J connectivity index is 1.75. The fourth-order valence-electron chi connectivity index (χ4n) is 3.57. The number of nitrogens with one attached hydrogen (secondary N) is 1. The number of hydrogen-bond donors (Lipinski definition) is 1. The first-order valence-corrected chi connectivity index (χ1v) is 10.6. The predicted molar refractivity (Wildman–Crippen MR) is 119 cm³/mol. The summed E-state index contributed by atoms with van der Waals surface area (Å²) < 4.78 is 11.5. The molecule has 0 aromatic heterocycles. The van der Waals surface area contributed by atoms with E-state index < -0.39 is 4.92 Å². The van der Waals surface area contributed by atoms with Gasteiger partial charge in [-0.15, -0.1) is 0 Å². The SMILES string of the molecule is CCOc1cc(/C=C(/C#N)C(=O)NC2CCCC2)ccc1OCc1cccc([N+](=O)[O-])c1. The molecular weight excluding hydrogens is 410 g/mol. The summed E-state index contributed by atoms with van der Waals surface area (Å²) in [4.78, 5) is 22.9. The van der Waals surface area contributed by atoms with E-state index in [1.807, 2.05) is 13.0 Å². The number of carbonyl (C=O) groups excluding carboxylic acids is 1. The zero-order valence-corrected chi connectivity index (χ0v) is 17.9. The van der Waals surface area contributed by atoms with Crippen LogP contribution in [0.2, 0.25) is 0 Å². The molecule has 1 saturated carbocycles. The normalized spacial score (nSPS) is 13.9. The minimum atomic E-state index is -0.452. The van der Waals surface area contributed by atoms with Gasteiger partial charge >= 0.3 is 0 Å². The van der Waals surface area contributed by atoms with Gasteiger partial charge in [-0.1, -0.05) is 31.0 Å². The smallest absolute Gasteiger partial charge is 0.269 e. The third-order valence-electron chi connectivity index (χ3n) is 5.15. The van der Waals surface area contributed by atoms with Gasteiger partial charge in [0.2, 0.25) is 0 Å². The summed E-state index contributed by atoms with van der Waals surface area (Å²) in [7, 11) is 0. The highest BCUT2D eigenvalue weighted by Gasteiger charge is 2.19. The number of carbonyl (C=O) groups is 1. The van der Waals surface area contributed by atoms with E-state index in [4.69, 9.17) is 9.47 Å². The average molecular weight is 435 g/mol. The van der Waals surface area contributed by atoms with Crippen LogP contribution in [0, 0.1) is 21.4 Å². The minimum absolute atomic E-state index is 0.00321. The summed E-state index contributed by atoms with van der Waals surface area (Å²) in [5.41, 5.74) is 1.32. The van der Waals surface area contributed by atoms with Crippen LogP contribution in [0.3, 0.4) is 0 Å². The van der Waals surface area contributed by atoms with Crippen LogP contribution in [0.5, 0.6) is 11.5 Å². The summed E-state index contributed by atoms with van der Waals surface area (Å²) in [6, 6.07) is 13.5. The Hall–Kier alpha value is -3.86. The third-order valence-corrected chi connectivity index (χ3v) is 5.15. The molecule has 0 spiro atoms. The third kappa shape index (κ3) is 6.08. The molecule has 8 heteroatoms. The van der Waals surface area contributed by atoms with Crippen molar-refractivity contribution in [2.24, 2.45) is 0 Å². The molecule has 0 atom stereocenters. The highest BCUT2D eigenvalue weighted by Crippen LogP contribution is 2.30. The molecule has 1 aliphatic rings. The lowest BCUT2D eigenvalue weighted by Gasteiger charge is -2.13. The molecule has 166 valence electrons. The van der Waals surface area contributed by atoms with Crippen LogP contribution in [0.4, 0.5) is 5.69 Å². The Bertz CT molecular complexity index is 1050. The molecule has 2 aromatic carbocycles. The number of amides is 1. The molecule has 2 aromatic rings. The fourth-order valence-corrected chi connectivity index (χ4v) is 3.57. The number of nitro groups is 1. The van der Waals surface area contributed by atoms with Gasteiger partial charge in [-0.2, -0.15) is 5.26 Å². The second-order valence-electron chi connectivity index (χ2n) is 7.48. The highest BCUT2D eigenvalue weighted by atomic mass is 16.6. The molecule has 1 N–H and O–H groups in total. The van der Waals surface area contributed by atoms with Gasteiger partial charge in [0, 0.05) is 18.2 Å². The van der Waals surface area contributed by atoms with Crippen molar-refractivity contribution in [2.75, 3.05) is 6.61 Å². The van der Waals surface area contributed by atoms with E-state index in [1.165, 1.54) is 18.2 Å². The summed E-state index contributed by atoms with van der Waals surface area (Å²) in [5, 5.41) is 23.3. The first-order chi connectivity index (χ1) is 15.5. The van der Waals surface area contributed by atoms with E-state index in [1.54, 1.807) is 30.3 Å². The Kier molecular flexibility index (Phi) is 7.81. The molecule has 1 fully saturated rings. The van der Waals surface area contributed by atoms with Crippen LogP contribution in [-0.4, -0.2) is 23.5 Å². The molecule has 0 bridgehead atoms. The second-order valence-corrected chi connectivity index (χ2v) is 7.48. The fraction of sp³-hybridized carbons (Fsp3) is 0.333. The molecule has 3 rings (SSSR count). The van der Waals surface area contributed by atoms with Crippen molar-refractivity contribution in [1.82, 2.24) is 5.32 Å². The summed E-state index contributed by atoms with van der Waals surface area (Å²) >= 11 is 0. The maximum absolute atomic E-state index is 12.4. The molecule has 0 radical (unpaired) electrons. The number of hydrogen-bond acceptors (Lipinski definition) is 6. The highest BCUT2D eigenvalue weighted by molar-refractivity contribution is 6.01. The van der Waals surface area contributed by atoms with Crippen molar-refractivity contribution >= 4 is 17.7 Å². The first-order valence-electron chi connectivity index (χ1n) is 10.6. The van der Waals surface area contributed by atoms with Gasteiger partial charge in [-0.3, -0.25) is 14.9 Å². The topological polar surface area (TPSA) is 114 Å². The van der Waals surface area contributed by atoms with Crippen molar-refractivity contribution in [3.05, 3.63) is 69.3 Å². The Morgan fingerprint density at radius 1 is 1.22 bits per heavy atom. The second kappa shape index (κ2) is 11.0. The number of ether oxygens (including phenoxy) is 2. The van der Waals surface area contributed by atoms with Crippen LogP contribution < -0.4 is 14.8 Å². The lowest BCUT2D eigenvalue weighted by molar-refractivity contribution is -0.384. The van der Waals surface area contributed by atoms with E-state index in [9.17, 15) is 20.2 Å². The van der Waals surface area contributed by atoms with Crippen molar-refractivity contribution in [1.29, 1.82) is 5.26 Å². The van der Waals surface area contributed by atoms with Gasteiger partial charge in [0.15, 0.2) is 11.5 Å². The van der Waals surface area contributed by atoms with Crippen LogP contribution in [0.15, 0.2) is 48.0 Å². The number of non-ortho nitro benzene ring substituents is 1. The Morgan fingerprint density at radius 2 is 2.00 bits per heavy atom. The minimum Gasteiger partial charge on any atom is -0.490 e. The van der Waals surface area contributed by atoms with Gasteiger partial charge in [0.1, 0.15) is 18.2 Å². The van der Waals surface area contributed by atoms with Gasteiger partial charge in [0.05, 0.1) is 11.5 Å². The number of nitriles is 1. The van der Waals surface area contributed by atoms with Crippen molar-refractivity contribution in [3.63, 3.8) is 0 Å². The van der Waals surface area contributed by atoms with E-state index >= 15 is 0 Å². The number of rotatable bonds is 9. The summed E-state index contributed by atoms with van der Waals surface area (Å²) in [6.45, 7) is 2.36.